The van der Waals surface area contributed by atoms with Gasteiger partial charge >= 0.3 is 0 Å². The number of halogens is 1. The predicted molar refractivity (Wildman–Crippen MR) is 69.0 cm³/mol. The first-order chi connectivity index (χ1) is 8.95. The number of benzene rings is 1. The van der Waals surface area contributed by atoms with Crippen LogP contribution in [0.4, 0.5) is 4.39 Å². The van der Waals surface area contributed by atoms with Crippen molar-refractivity contribution in [2.75, 3.05) is 19.8 Å². The van der Waals surface area contributed by atoms with E-state index in [4.69, 9.17) is 14.6 Å². The molecule has 0 aliphatic rings. The van der Waals surface area contributed by atoms with E-state index in [1.807, 2.05) is 0 Å². The first-order valence-corrected chi connectivity index (χ1v) is 7.52. The van der Waals surface area contributed by atoms with Crippen LogP contribution in [0, 0.1) is 5.82 Å². The molecule has 0 heterocycles. The molecular weight excluding hydrogens is 273 g/mol. The van der Waals surface area contributed by atoms with E-state index >= 15 is 0 Å². The molecule has 0 aliphatic heterocycles. The molecule has 0 spiro atoms. The molecule has 1 aromatic rings. The summed E-state index contributed by atoms with van der Waals surface area (Å²) in [6.07, 6.45) is 1.99. The first kappa shape index (κ1) is 15.9. The fourth-order valence-electron chi connectivity index (χ4n) is 1.38. The van der Waals surface area contributed by atoms with Crippen LogP contribution in [-0.4, -0.2) is 28.2 Å². The highest BCUT2D eigenvalue weighted by atomic mass is 32.2. The molecule has 19 heavy (non-hydrogen) atoms. The SMILES string of the molecule is CCCCOCCOc1ccc(F)cc1S(N)(=O)=O. The molecule has 5 nitrogen and oxygen atoms in total. The first-order valence-electron chi connectivity index (χ1n) is 5.98. The molecular formula is C12H18FNO4S. The average Bonchev–Trinajstić information content (AvgIpc) is 2.34. The van der Waals surface area contributed by atoms with Crippen molar-refractivity contribution in [2.24, 2.45) is 5.14 Å². The van der Waals surface area contributed by atoms with Gasteiger partial charge in [-0.25, -0.2) is 17.9 Å². The lowest BCUT2D eigenvalue weighted by Gasteiger charge is -2.10. The van der Waals surface area contributed by atoms with Gasteiger partial charge in [0.25, 0.3) is 0 Å². The highest BCUT2D eigenvalue weighted by Crippen LogP contribution is 2.23. The Hall–Kier alpha value is -1.18. The molecule has 0 radical (unpaired) electrons. The molecule has 2 N–H and O–H groups in total. The second-order valence-electron chi connectivity index (χ2n) is 3.95. The van der Waals surface area contributed by atoms with Crippen LogP contribution in [0.2, 0.25) is 0 Å². The number of primary sulfonamides is 1. The minimum Gasteiger partial charge on any atom is -0.490 e. The summed E-state index contributed by atoms with van der Waals surface area (Å²) in [5, 5.41) is 4.99. The average molecular weight is 291 g/mol. The Morgan fingerprint density at radius 3 is 2.63 bits per heavy atom. The van der Waals surface area contributed by atoms with Gasteiger partial charge in [-0.15, -0.1) is 0 Å². The predicted octanol–water partition coefficient (Wildman–Crippen LogP) is 1.67. The molecule has 0 atom stereocenters. The van der Waals surface area contributed by atoms with E-state index in [9.17, 15) is 12.8 Å². The van der Waals surface area contributed by atoms with Crippen LogP contribution in [0.15, 0.2) is 23.1 Å². The fraction of sp³-hybridized carbons (Fsp3) is 0.500. The van der Waals surface area contributed by atoms with Crippen molar-refractivity contribution < 1.29 is 22.3 Å². The van der Waals surface area contributed by atoms with E-state index in [-0.39, 0.29) is 17.3 Å². The number of sulfonamides is 1. The Morgan fingerprint density at radius 1 is 1.26 bits per heavy atom. The Morgan fingerprint density at radius 2 is 2.00 bits per heavy atom. The highest BCUT2D eigenvalue weighted by Gasteiger charge is 2.16. The largest absolute Gasteiger partial charge is 0.490 e. The van der Waals surface area contributed by atoms with E-state index in [0.717, 1.165) is 25.0 Å². The normalized spacial score (nSPS) is 11.5. The van der Waals surface area contributed by atoms with Crippen LogP contribution in [0.25, 0.3) is 0 Å². The molecule has 0 aliphatic carbocycles. The van der Waals surface area contributed by atoms with E-state index < -0.39 is 15.8 Å². The third-order valence-corrected chi connectivity index (χ3v) is 3.27. The van der Waals surface area contributed by atoms with Gasteiger partial charge in [-0.05, 0) is 24.6 Å². The Kier molecular flexibility index (Phi) is 6.20. The van der Waals surface area contributed by atoms with Crippen molar-refractivity contribution in [1.29, 1.82) is 0 Å². The molecule has 0 saturated carbocycles. The summed E-state index contributed by atoms with van der Waals surface area (Å²) in [6.45, 7) is 3.20. The summed E-state index contributed by atoms with van der Waals surface area (Å²) in [5.41, 5.74) is 0. The minimum absolute atomic E-state index is 0.0305. The van der Waals surface area contributed by atoms with E-state index in [2.05, 4.69) is 6.92 Å². The zero-order valence-electron chi connectivity index (χ0n) is 10.8. The maximum absolute atomic E-state index is 13.0. The number of unbranched alkanes of at least 4 members (excludes halogenated alkanes) is 1. The van der Waals surface area contributed by atoms with Gasteiger partial charge in [0.2, 0.25) is 10.0 Å². The quantitative estimate of drug-likeness (QED) is 0.739. The smallest absolute Gasteiger partial charge is 0.241 e. The fourth-order valence-corrected chi connectivity index (χ4v) is 2.07. The molecule has 0 unspecified atom stereocenters. The summed E-state index contributed by atoms with van der Waals surface area (Å²) in [7, 11) is -4.01. The second-order valence-corrected chi connectivity index (χ2v) is 5.48. The van der Waals surface area contributed by atoms with Gasteiger partial charge < -0.3 is 9.47 Å². The third kappa shape index (κ3) is 5.54. The second kappa shape index (κ2) is 7.42. The number of ether oxygens (including phenoxy) is 2. The molecule has 108 valence electrons. The number of hydrogen-bond donors (Lipinski definition) is 1. The molecule has 0 bridgehead atoms. The van der Waals surface area contributed by atoms with Gasteiger partial charge in [-0.3, -0.25) is 0 Å². The number of nitrogens with two attached hydrogens (primary N) is 1. The third-order valence-electron chi connectivity index (χ3n) is 2.34. The maximum atomic E-state index is 13.0. The number of hydrogen-bond acceptors (Lipinski definition) is 4. The molecule has 0 fully saturated rings. The van der Waals surface area contributed by atoms with Crippen molar-refractivity contribution >= 4 is 10.0 Å². The van der Waals surface area contributed by atoms with Gasteiger partial charge in [0.15, 0.2) is 0 Å². The van der Waals surface area contributed by atoms with Gasteiger partial charge in [0.1, 0.15) is 23.1 Å². The Bertz CT molecular complexity index is 504. The lowest BCUT2D eigenvalue weighted by Crippen LogP contribution is -2.15. The Labute approximate surface area is 112 Å². The van der Waals surface area contributed by atoms with Gasteiger partial charge in [0.05, 0.1) is 6.61 Å². The monoisotopic (exact) mass is 291 g/mol. The lowest BCUT2D eigenvalue weighted by atomic mass is 10.3. The zero-order valence-corrected chi connectivity index (χ0v) is 11.6. The zero-order chi connectivity index (χ0) is 14.3. The van der Waals surface area contributed by atoms with Crippen molar-refractivity contribution in [2.45, 2.75) is 24.7 Å². The van der Waals surface area contributed by atoms with Gasteiger partial charge in [-0.2, -0.15) is 0 Å². The van der Waals surface area contributed by atoms with Crippen molar-refractivity contribution in [1.82, 2.24) is 0 Å². The summed E-state index contributed by atoms with van der Waals surface area (Å²) in [4.78, 5) is -0.360. The van der Waals surface area contributed by atoms with Gasteiger partial charge in [-0.1, -0.05) is 13.3 Å². The van der Waals surface area contributed by atoms with Crippen LogP contribution in [0.3, 0.4) is 0 Å². The summed E-state index contributed by atoms with van der Waals surface area (Å²) >= 11 is 0. The lowest BCUT2D eigenvalue weighted by molar-refractivity contribution is 0.0970. The van der Waals surface area contributed by atoms with Crippen molar-refractivity contribution in [3.8, 4) is 5.75 Å². The molecule has 0 saturated heterocycles. The Balaban J connectivity index is 2.59. The molecule has 1 rings (SSSR count). The van der Waals surface area contributed by atoms with Crippen LogP contribution < -0.4 is 9.88 Å². The molecule has 0 aromatic heterocycles. The maximum Gasteiger partial charge on any atom is 0.241 e. The van der Waals surface area contributed by atoms with Crippen LogP contribution in [-0.2, 0) is 14.8 Å². The van der Waals surface area contributed by atoms with E-state index in [1.54, 1.807) is 0 Å². The molecule has 1 aromatic carbocycles. The topological polar surface area (TPSA) is 78.6 Å². The summed E-state index contributed by atoms with van der Waals surface area (Å²) < 4.78 is 46.1. The summed E-state index contributed by atoms with van der Waals surface area (Å²) in [6, 6.07) is 3.19. The van der Waals surface area contributed by atoms with Crippen LogP contribution in [0.1, 0.15) is 19.8 Å². The van der Waals surface area contributed by atoms with Crippen LogP contribution in [0.5, 0.6) is 5.75 Å². The van der Waals surface area contributed by atoms with Gasteiger partial charge in [0, 0.05) is 6.61 Å². The standard InChI is InChI=1S/C12H18FNO4S/c1-2-3-6-17-7-8-18-11-5-4-10(13)9-12(11)19(14,15)16/h4-5,9H,2-3,6-8H2,1H3,(H2,14,15,16). The summed E-state index contributed by atoms with van der Waals surface area (Å²) in [5.74, 6) is -0.654. The van der Waals surface area contributed by atoms with Crippen LogP contribution >= 0.6 is 0 Å². The van der Waals surface area contributed by atoms with Crippen molar-refractivity contribution in [3.63, 3.8) is 0 Å². The molecule has 7 heteroatoms. The van der Waals surface area contributed by atoms with E-state index in [0.29, 0.717) is 13.2 Å². The molecule has 0 amide bonds. The number of rotatable bonds is 8. The van der Waals surface area contributed by atoms with Crippen molar-refractivity contribution in [3.05, 3.63) is 24.0 Å². The highest BCUT2D eigenvalue weighted by molar-refractivity contribution is 7.89. The minimum atomic E-state index is -4.01. The van der Waals surface area contributed by atoms with E-state index in [1.165, 1.54) is 6.07 Å².